The van der Waals surface area contributed by atoms with Crippen molar-refractivity contribution in [3.63, 3.8) is 0 Å². The molecule has 0 fully saturated rings. The molecule has 0 aromatic carbocycles. The normalized spacial score (nSPS) is 9.71. The molecule has 0 atom stereocenters. The van der Waals surface area contributed by atoms with Crippen LogP contribution in [-0.4, -0.2) is 12.5 Å². The molecular formula is C5H9FO. The molecule has 0 N–H and O–H groups in total. The highest BCUT2D eigenvalue weighted by Gasteiger charge is 2.03. The number of halogens is 1. The van der Waals surface area contributed by atoms with Crippen LogP contribution in [0.25, 0.3) is 0 Å². The van der Waals surface area contributed by atoms with Crippen LogP contribution in [0.1, 0.15) is 13.8 Å². The van der Waals surface area contributed by atoms with Crippen molar-refractivity contribution in [3.05, 3.63) is 0 Å². The summed E-state index contributed by atoms with van der Waals surface area (Å²) < 4.78 is 11.3. The highest BCUT2D eigenvalue weighted by atomic mass is 18.2. The van der Waals surface area contributed by atoms with Gasteiger partial charge in [-0.1, -0.05) is 13.8 Å². The number of hydrogen-bond donors (Lipinski definition) is 0. The lowest BCUT2D eigenvalue weighted by molar-refractivity contribution is -0.122. The van der Waals surface area contributed by atoms with Gasteiger partial charge in [-0.25, -0.2) is 4.39 Å². The van der Waals surface area contributed by atoms with Crippen molar-refractivity contribution in [1.29, 1.82) is 0 Å². The first-order chi connectivity index (χ1) is 3.18. The van der Waals surface area contributed by atoms with E-state index in [1.165, 1.54) is 0 Å². The van der Waals surface area contributed by atoms with Gasteiger partial charge in [-0.2, -0.15) is 0 Å². The Morgan fingerprint density at radius 3 is 2.14 bits per heavy atom. The molecule has 0 spiro atoms. The van der Waals surface area contributed by atoms with Gasteiger partial charge in [0.15, 0.2) is 5.78 Å². The van der Waals surface area contributed by atoms with Gasteiger partial charge in [0.05, 0.1) is 0 Å². The number of carbonyl (C=O) groups is 1. The van der Waals surface area contributed by atoms with E-state index in [2.05, 4.69) is 0 Å². The molecule has 0 aromatic rings. The van der Waals surface area contributed by atoms with Crippen LogP contribution in [0, 0.1) is 5.92 Å². The molecule has 1 nitrogen and oxygen atoms in total. The lowest BCUT2D eigenvalue weighted by Crippen LogP contribution is -2.07. The van der Waals surface area contributed by atoms with Gasteiger partial charge >= 0.3 is 0 Å². The first-order valence-electron chi connectivity index (χ1n) is 2.27. The second kappa shape index (κ2) is 2.72. The van der Waals surface area contributed by atoms with Crippen molar-refractivity contribution >= 4 is 5.78 Å². The first kappa shape index (κ1) is 6.60. The Bertz CT molecular complexity index is 68.5. The monoisotopic (exact) mass is 103 g/mol. The minimum atomic E-state index is -0.822. The second-order valence-electron chi connectivity index (χ2n) is 1.75. The smallest absolute Gasteiger partial charge is 0.166 e. The molecular weight excluding hydrogens is 94.1 g/mol. The molecule has 0 saturated heterocycles. The zero-order valence-electron chi connectivity index (χ0n) is 4.57. The van der Waals surface area contributed by atoms with Crippen LogP contribution in [0.2, 0.25) is 0 Å². The highest BCUT2D eigenvalue weighted by Crippen LogP contribution is 1.92. The van der Waals surface area contributed by atoms with Crippen LogP contribution >= 0.6 is 0 Å². The summed E-state index contributed by atoms with van der Waals surface area (Å²) in [6.45, 7) is 2.54. The van der Waals surface area contributed by atoms with E-state index in [1.54, 1.807) is 13.8 Å². The third kappa shape index (κ3) is 2.31. The Kier molecular flexibility index (Phi) is 2.56. The Hall–Kier alpha value is -0.400. The molecule has 0 aliphatic carbocycles. The summed E-state index contributed by atoms with van der Waals surface area (Å²) >= 11 is 0. The summed E-state index contributed by atoms with van der Waals surface area (Å²) in [7, 11) is 0. The maximum Gasteiger partial charge on any atom is 0.166 e. The van der Waals surface area contributed by atoms with Gasteiger partial charge in [-0.3, -0.25) is 4.79 Å². The second-order valence-corrected chi connectivity index (χ2v) is 1.75. The molecule has 0 bridgehead atoms. The summed E-state index contributed by atoms with van der Waals surface area (Å²) in [6.07, 6.45) is 0. The van der Waals surface area contributed by atoms with E-state index in [0.717, 1.165) is 0 Å². The van der Waals surface area contributed by atoms with Crippen LogP contribution in [0.15, 0.2) is 0 Å². The summed E-state index contributed by atoms with van der Waals surface area (Å²) in [4.78, 5) is 10.1. The minimum absolute atomic E-state index is 0.148. The molecule has 0 unspecified atom stereocenters. The third-order valence-electron chi connectivity index (χ3n) is 0.776. The lowest BCUT2D eigenvalue weighted by atomic mass is 10.1. The van der Waals surface area contributed by atoms with E-state index in [1.807, 2.05) is 0 Å². The van der Waals surface area contributed by atoms with E-state index >= 15 is 0 Å². The molecule has 0 aliphatic rings. The fourth-order valence-corrected chi connectivity index (χ4v) is 0.154. The Labute approximate surface area is 42.5 Å². The third-order valence-corrected chi connectivity index (χ3v) is 0.776. The van der Waals surface area contributed by atoms with E-state index < -0.39 is 6.67 Å². The summed E-state index contributed by atoms with van der Waals surface area (Å²) in [6, 6.07) is 0. The molecule has 2 heteroatoms. The molecule has 0 heterocycles. The molecule has 0 aliphatic heterocycles. The lowest BCUT2D eigenvalue weighted by Gasteiger charge is -1.93. The maximum atomic E-state index is 11.3. The Morgan fingerprint density at radius 2 is 2.14 bits per heavy atom. The number of ketones is 1. The van der Waals surface area contributed by atoms with Gasteiger partial charge in [0.2, 0.25) is 0 Å². The number of rotatable bonds is 2. The van der Waals surface area contributed by atoms with Crippen LogP contribution in [0.3, 0.4) is 0 Å². The van der Waals surface area contributed by atoms with Crippen LogP contribution in [-0.2, 0) is 4.79 Å². The zero-order valence-corrected chi connectivity index (χ0v) is 4.57. The molecule has 0 radical (unpaired) electrons. The van der Waals surface area contributed by atoms with Gasteiger partial charge in [-0.15, -0.1) is 0 Å². The van der Waals surface area contributed by atoms with Crippen molar-refractivity contribution in [3.8, 4) is 0 Å². The minimum Gasteiger partial charge on any atom is -0.296 e. The van der Waals surface area contributed by atoms with Crippen molar-refractivity contribution in [2.45, 2.75) is 13.8 Å². The van der Waals surface area contributed by atoms with E-state index in [-0.39, 0.29) is 11.7 Å². The van der Waals surface area contributed by atoms with Gasteiger partial charge in [-0.05, 0) is 0 Å². The fraction of sp³-hybridized carbons (Fsp3) is 0.800. The quantitative estimate of drug-likeness (QED) is 0.513. The fourth-order valence-electron chi connectivity index (χ4n) is 0.154. The average Bonchev–Trinajstić information content (AvgIpc) is 1.65. The van der Waals surface area contributed by atoms with Crippen LogP contribution in [0.5, 0.6) is 0 Å². The Morgan fingerprint density at radius 1 is 1.71 bits per heavy atom. The predicted octanol–water partition coefficient (Wildman–Crippen LogP) is 1.18. The summed E-state index contributed by atoms with van der Waals surface area (Å²) in [5, 5.41) is 0. The van der Waals surface area contributed by atoms with Crippen molar-refractivity contribution < 1.29 is 9.18 Å². The van der Waals surface area contributed by atoms with Crippen molar-refractivity contribution in [2.24, 2.45) is 5.92 Å². The number of alkyl halides is 1. The van der Waals surface area contributed by atoms with Gasteiger partial charge in [0.1, 0.15) is 6.67 Å². The van der Waals surface area contributed by atoms with Crippen LogP contribution in [0.4, 0.5) is 4.39 Å². The zero-order chi connectivity index (χ0) is 5.86. The molecule has 0 aromatic heterocycles. The topological polar surface area (TPSA) is 17.1 Å². The molecule has 42 valence electrons. The molecule has 0 saturated carbocycles. The summed E-state index contributed by atoms with van der Waals surface area (Å²) in [5.41, 5.74) is 0. The standard InChI is InChI=1S/C5H9FO/c1-4(2)5(7)3-6/h4H,3H2,1-2H3/i6-1. The summed E-state index contributed by atoms with van der Waals surface area (Å²) in [5.74, 6) is -0.468. The number of hydrogen-bond acceptors (Lipinski definition) is 1. The van der Waals surface area contributed by atoms with Crippen molar-refractivity contribution in [2.75, 3.05) is 6.67 Å². The maximum absolute atomic E-state index is 11.3. The van der Waals surface area contributed by atoms with E-state index in [9.17, 15) is 9.18 Å². The predicted molar refractivity (Wildman–Crippen MR) is 25.8 cm³/mol. The van der Waals surface area contributed by atoms with Gasteiger partial charge in [0.25, 0.3) is 0 Å². The van der Waals surface area contributed by atoms with E-state index in [0.29, 0.717) is 0 Å². The van der Waals surface area contributed by atoms with Crippen LogP contribution < -0.4 is 0 Å². The number of Topliss-reactive ketones (excluding diaryl/α,β-unsaturated/α-hetero) is 1. The average molecular weight is 103 g/mol. The molecule has 0 rings (SSSR count). The molecule has 7 heavy (non-hydrogen) atoms. The molecule has 0 amide bonds. The SMILES string of the molecule is CC(C)C(=O)C[18F]. The van der Waals surface area contributed by atoms with Gasteiger partial charge in [0, 0.05) is 5.92 Å². The Balaban J connectivity index is 3.35. The van der Waals surface area contributed by atoms with E-state index in [4.69, 9.17) is 0 Å². The first-order valence-corrected chi connectivity index (χ1v) is 2.27. The number of carbonyl (C=O) groups excluding carboxylic acids is 1. The highest BCUT2D eigenvalue weighted by molar-refractivity contribution is 5.81. The van der Waals surface area contributed by atoms with Gasteiger partial charge < -0.3 is 0 Å². The largest absolute Gasteiger partial charge is 0.296 e. The van der Waals surface area contributed by atoms with Crippen molar-refractivity contribution in [1.82, 2.24) is 0 Å².